The minimum absolute atomic E-state index is 0.905. The van der Waals surface area contributed by atoms with Gasteiger partial charge in [-0.3, -0.25) is 0 Å². The smallest absolute Gasteiger partial charge is 0.149 e. The van der Waals surface area contributed by atoms with Crippen LogP contribution in [0.1, 0.15) is 0 Å². The van der Waals surface area contributed by atoms with Gasteiger partial charge < -0.3 is 8.83 Å². The number of rotatable bonds is 4. The molecule has 3 nitrogen and oxygen atoms in total. The third-order valence-electron chi connectivity index (χ3n) is 13.5. The first kappa shape index (κ1) is 34.5. The van der Waals surface area contributed by atoms with E-state index < -0.39 is 0 Å². The average Bonchev–Trinajstić information content (AvgIpc) is 4.03. The predicted octanol–water partition coefficient (Wildman–Crippen LogP) is 16.1. The van der Waals surface area contributed by atoms with Crippen molar-refractivity contribution in [3.05, 3.63) is 212 Å². The van der Waals surface area contributed by atoms with Crippen molar-refractivity contribution in [1.29, 1.82) is 0 Å². The highest BCUT2D eigenvalue weighted by Gasteiger charge is 2.34. The number of furan rings is 2. The lowest BCUT2D eigenvalue weighted by Gasteiger charge is -2.16. The Labute approximate surface area is 362 Å². The van der Waals surface area contributed by atoms with E-state index >= 15 is 0 Å². The van der Waals surface area contributed by atoms with E-state index in [0.29, 0.717) is 0 Å². The van der Waals surface area contributed by atoms with Gasteiger partial charge in [-0.15, -0.1) is 0 Å². The molecule has 1 aliphatic heterocycles. The van der Waals surface area contributed by atoms with Crippen LogP contribution in [0.2, 0.25) is 0 Å². The summed E-state index contributed by atoms with van der Waals surface area (Å²) in [5.41, 5.74) is 16.8. The number of para-hydroxylation sites is 3. The fourth-order valence-electron chi connectivity index (χ4n) is 10.6. The Morgan fingerprint density at radius 1 is 0.254 bits per heavy atom. The highest BCUT2D eigenvalue weighted by molar-refractivity contribution is 6.25. The molecule has 63 heavy (non-hydrogen) atoms. The summed E-state index contributed by atoms with van der Waals surface area (Å²) in [5.74, 6) is 0. The SMILES string of the molecule is c1ccc2c(c1)oc1ccc(-c3ccc4c(c3)-c3cc(-c5ccc6c7ccccc7c7ccccc7c6c5)ccc3[NH+]4c3ccc(-c4cccc5c4oc4ccccc45)cc3)cc12. The molecule has 11 aromatic carbocycles. The van der Waals surface area contributed by atoms with Crippen molar-refractivity contribution >= 4 is 93.3 Å². The van der Waals surface area contributed by atoms with E-state index in [9.17, 15) is 0 Å². The summed E-state index contributed by atoms with van der Waals surface area (Å²) in [4.78, 5) is 1.25. The molecule has 3 heterocycles. The van der Waals surface area contributed by atoms with Crippen LogP contribution in [0.15, 0.2) is 221 Å². The fraction of sp³-hybridized carbons (Fsp3) is 0. The number of quaternary nitrogens is 1. The maximum absolute atomic E-state index is 6.45. The number of hydrogen-bond acceptors (Lipinski definition) is 2. The van der Waals surface area contributed by atoms with Gasteiger partial charge in [0, 0.05) is 51.4 Å². The predicted molar refractivity (Wildman–Crippen MR) is 262 cm³/mol. The van der Waals surface area contributed by atoms with E-state index in [4.69, 9.17) is 8.83 Å². The Hall–Kier alpha value is -8.24. The lowest BCUT2D eigenvalue weighted by Crippen LogP contribution is -2.95. The third kappa shape index (κ3) is 5.12. The summed E-state index contributed by atoms with van der Waals surface area (Å²) in [5, 5.41) is 12.3. The molecule has 0 amide bonds. The van der Waals surface area contributed by atoms with Crippen molar-refractivity contribution in [2.45, 2.75) is 0 Å². The minimum Gasteiger partial charge on any atom is -0.456 e. The lowest BCUT2D eigenvalue weighted by atomic mass is 9.91. The van der Waals surface area contributed by atoms with Crippen LogP contribution in [0.25, 0.3) is 121 Å². The second-order valence-corrected chi connectivity index (χ2v) is 16.9. The largest absolute Gasteiger partial charge is 0.456 e. The second kappa shape index (κ2) is 13.1. The van der Waals surface area contributed by atoms with Gasteiger partial charge in [0.2, 0.25) is 0 Å². The quantitative estimate of drug-likeness (QED) is 0.180. The molecule has 1 unspecified atom stereocenters. The molecule has 1 atom stereocenters. The zero-order valence-corrected chi connectivity index (χ0v) is 34.0. The standard InChI is InChI=1S/C60H35NO2/c1-2-12-45-43(10-1)44-11-3-4-13-46(44)51-32-37(22-28-47(45)51)38-23-29-55-52(33-38)53-34-39(40-25-31-59-54(35-40)49-15-6-7-18-57(49)62-59)24-30-56(53)61(55)41-26-20-36(21-27-41)42-16-9-17-50-48-14-5-8-19-58(48)63-60(42)50/h1-35H/p+1. The molecular weight excluding hydrogens is 767 g/mol. The summed E-state index contributed by atoms with van der Waals surface area (Å²) < 4.78 is 12.7. The van der Waals surface area contributed by atoms with Crippen LogP contribution in [0.5, 0.6) is 0 Å². The molecular formula is C60H36NO2+. The van der Waals surface area contributed by atoms with Crippen LogP contribution in [0.4, 0.5) is 17.1 Å². The molecule has 0 spiro atoms. The fourth-order valence-corrected chi connectivity index (χ4v) is 10.6. The van der Waals surface area contributed by atoms with Gasteiger partial charge in [-0.2, -0.15) is 0 Å². The van der Waals surface area contributed by atoms with E-state index in [1.165, 1.54) is 87.7 Å². The van der Waals surface area contributed by atoms with Gasteiger partial charge in [-0.25, -0.2) is 4.90 Å². The Bertz CT molecular complexity index is 4000. The summed E-state index contributed by atoms with van der Waals surface area (Å²) >= 11 is 0. The highest BCUT2D eigenvalue weighted by atomic mass is 16.3. The van der Waals surface area contributed by atoms with Gasteiger partial charge in [0.15, 0.2) is 0 Å². The van der Waals surface area contributed by atoms with Crippen molar-refractivity contribution < 1.29 is 13.7 Å². The zero-order chi connectivity index (χ0) is 41.2. The van der Waals surface area contributed by atoms with Gasteiger partial charge in [0.25, 0.3) is 0 Å². The molecule has 0 radical (unpaired) electrons. The van der Waals surface area contributed by atoms with Crippen molar-refractivity contribution in [3.63, 3.8) is 0 Å². The molecule has 0 bridgehead atoms. The minimum atomic E-state index is 0.905. The van der Waals surface area contributed by atoms with Crippen LogP contribution in [0, 0.1) is 0 Å². The van der Waals surface area contributed by atoms with Gasteiger partial charge in [-0.1, -0.05) is 121 Å². The molecule has 2 aromatic heterocycles. The van der Waals surface area contributed by atoms with E-state index in [0.717, 1.165) is 55.0 Å². The normalized spacial score (nSPS) is 13.6. The van der Waals surface area contributed by atoms with Crippen molar-refractivity contribution in [2.75, 3.05) is 0 Å². The van der Waals surface area contributed by atoms with E-state index in [1.807, 2.05) is 24.3 Å². The first-order valence-corrected chi connectivity index (χ1v) is 21.6. The van der Waals surface area contributed by atoms with Crippen molar-refractivity contribution in [1.82, 2.24) is 0 Å². The van der Waals surface area contributed by atoms with Crippen LogP contribution < -0.4 is 4.90 Å². The molecule has 3 heteroatoms. The Kier molecular flexibility index (Phi) is 7.18. The first-order chi connectivity index (χ1) is 31.2. The number of nitrogens with one attached hydrogen (secondary N) is 1. The van der Waals surface area contributed by atoms with Crippen LogP contribution in [0.3, 0.4) is 0 Å². The third-order valence-corrected chi connectivity index (χ3v) is 13.5. The van der Waals surface area contributed by atoms with Gasteiger partial charge in [-0.05, 0) is 127 Å². The number of fused-ring (bicyclic) bond motifs is 15. The Morgan fingerprint density at radius 2 is 0.698 bits per heavy atom. The maximum atomic E-state index is 6.45. The van der Waals surface area contributed by atoms with Crippen LogP contribution in [-0.4, -0.2) is 0 Å². The van der Waals surface area contributed by atoms with Gasteiger partial charge in [0.1, 0.15) is 39.4 Å². The topological polar surface area (TPSA) is 30.7 Å². The first-order valence-electron chi connectivity index (χ1n) is 21.6. The zero-order valence-electron chi connectivity index (χ0n) is 34.0. The molecule has 0 saturated heterocycles. The van der Waals surface area contributed by atoms with Crippen LogP contribution >= 0.6 is 0 Å². The Morgan fingerprint density at radius 3 is 1.35 bits per heavy atom. The molecule has 0 saturated carbocycles. The summed E-state index contributed by atoms with van der Waals surface area (Å²) in [7, 11) is 0. The van der Waals surface area contributed by atoms with Crippen molar-refractivity contribution in [2.24, 2.45) is 0 Å². The summed E-state index contributed by atoms with van der Waals surface area (Å²) in [6.07, 6.45) is 0. The highest BCUT2D eigenvalue weighted by Crippen LogP contribution is 2.45. The number of benzene rings is 11. The van der Waals surface area contributed by atoms with E-state index in [2.05, 4.69) is 188 Å². The Balaban J connectivity index is 0.926. The van der Waals surface area contributed by atoms with E-state index in [1.54, 1.807) is 0 Å². The maximum Gasteiger partial charge on any atom is 0.149 e. The second-order valence-electron chi connectivity index (χ2n) is 16.9. The summed E-state index contributed by atoms with van der Waals surface area (Å²) in [6, 6.07) is 77.4. The molecule has 1 N–H and O–H groups in total. The molecule has 13 aromatic rings. The van der Waals surface area contributed by atoms with E-state index in [-0.39, 0.29) is 0 Å². The van der Waals surface area contributed by atoms with Gasteiger partial charge in [0.05, 0.1) is 11.1 Å². The van der Waals surface area contributed by atoms with Gasteiger partial charge >= 0.3 is 0 Å². The molecule has 14 rings (SSSR count). The summed E-state index contributed by atoms with van der Waals surface area (Å²) in [6.45, 7) is 0. The molecule has 0 fully saturated rings. The molecule has 292 valence electrons. The van der Waals surface area contributed by atoms with Crippen LogP contribution in [-0.2, 0) is 0 Å². The lowest BCUT2D eigenvalue weighted by molar-refractivity contribution is -0.677. The van der Waals surface area contributed by atoms with Crippen molar-refractivity contribution in [3.8, 4) is 44.5 Å². The monoisotopic (exact) mass is 802 g/mol. The average molecular weight is 803 g/mol. The molecule has 1 aliphatic rings. The number of hydrogen-bond donors (Lipinski definition) is 1. The molecule has 0 aliphatic carbocycles.